The number of hydrogen-bond donors (Lipinski definition) is 2. The average molecular weight is 451 g/mol. The fourth-order valence-corrected chi connectivity index (χ4v) is 3.57. The Morgan fingerprint density at radius 3 is 2.44 bits per heavy atom. The predicted molar refractivity (Wildman–Crippen MR) is 124 cm³/mol. The van der Waals surface area contributed by atoms with Crippen LogP contribution in [0.4, 0.5) is 5.69 Å². The van der Waals surface area contributed by atoms with Gasteiger partial charge in [0, 0.05) is 5.02 Å². The number of aromatic amines is 1. The maximum absolute atomic E-state index is 13.1. The first kappa shape index (κ1) is 21.3. The van der Waals surface area contributed by atoms with Gasteiger partial charge in [-0.25, -0.2) is 9.36 Å². The summed E-state index contributed by atoms with van der Waals surface area (Å²) in [5.74, 6) is -1.07. The quantitative estimate of drug-likeness (QED) is 0.597. The standard InChI is InChI=1S/C23H19ClN4O4/c1-12-7-8-17(9-13(12)2)28-22(31)18(14(3)26-28)11-19-20(29)25-23(32)27(21(19)30)16-6-4-5-15(24)10-16/h4-11,30H,1-3H3,(H,25,29,32)/b18-11+. The molecule has 0 unspecified atom stereocenters. The zero-order valence-electron chi connectivity index (χ0n) is 17.5. The number of hydrogen-bond acceptors (Lipinski definition) is 5. The molecule has 0 saturated heterocycles. The molecule has 8 nitrogen and oxygen atoms in total. The number of aromatic hydroxyl groups is 1. The van der Waals surface area contributed by atoms with E-state index in [0.29, 0.717) is 16.4 Å². The van der Waals surface area contributed by atoms with E-state index in [-0.39, 0.29) is 16.8 Å². The fourth-order valence-electron chi connectivity index (χ4n) is 3.38. The number of amides is 1. The van der Waals surface area contributed by atoms with Gasteiger partial charge in [0.1, 0.15) is 5.56 Å². The third-order valence-electron chi connectivity index (χ3n) is 5.27. The van der Waals surface area contributed by atoms with Crippen molar-refractivity contribution >= 4 is 35.0 Å². The molecule has 1 amide bonds. The van der Waals surface area contributed by atoms with Crippen LogP contribution in [0.25, 0.3) is 11.8 Å². The molecule has 0 radical (unpaired) electrons. The van der Waals surface area contributed by atoms with E-state index < -0.39 is 23.0 Å². The van der Waals surface area contributed by atoms with Crippen LogP contribution in [0.15, 0.2) is 62.7 Å². The number of rotatable bonds is 3. The van der Waals surface area contributed by atoms with E-state index >= 15 is 0 Å². The lowest BCUT2D eigenvalue weighted by Gasteiger charge is -2.13. The Morgan fingerprint density at radius 2 is 1.75 bits per heavy atom. The van der Waals surface area contributed by atoms with Gasteiger partial charge in [0.25, 0.3) is 11.5 Å². The lowest BCUT2D eigenvalue weighted by Crippen LogP contribution is -2.30. The Kier molecular flexibility index (Phi) is 5.31. The minimum absolute atomic E-state index is 0.125. The van der Waals surface area contributed by atoms with Gasteiger partial charge in [0.2, 0.25) is 5.88 Å². The number of carbonyl (C=O) groups is 1. The number of aromatic nitrogens is 2. The summed E-state index contributed by atoms with van der Waals surface area (Å²) < 4.78 is 0.909. The first-order chi connectivity index (χ1) is 15.2. The van der Waals surface area contributed by atoms with Crippen molar-refractivity contribution in [1.29, 1.82) is 0 Å². The maximum Gasteiger partial charge on any atom is 0.335 e. The molecule has 0 spiro atoms. The van der Waals surface area contributed by atoms with E-state index in [1.807, 2.05) is 26.0 Å². The highest BCUT2D eigenvalue weighted by atomic mass is 35.5. The van der Waals surface area contributed by atoms with Crippen molar-refractivity contribution in [2.45, 2.75) is 20.8 Å². The highest BCUT2D eigenvalue weighted by molar-refractivity contribution is 6.32. The van der Waals surface area contributed by atoms with Gasteiger partial charge in [0.15, 0.2) is 0 Å². The number of aryl methyl sites for hydroxylation is 2. The second-order valence-corrected chi connectivity index (χ2v) is 7.88. The molecule has 0 bridgehead atoms. The maximum atomic E-state index is 13.1. The van der Waals surface area contributed by atoms with E-state index in [2.05, 4.69) is 10.1 Å². The molecular weight excluding hydrogens is 432 g/mol. The molecule has 162 valence electrons. The molecule has 32 heavy (non-hydrogen) atoms. The summed E-state index contributed by atoms with van der Waals surface area (Å²) in [6.45, 7) is 5.53. The molecule has 3 aromatic rings. The Labute approximate surface area is 187 Å². The van der Waals surface area contributed by atoms with Crippen molar-refractivity contribution in [2.24, 2.45) is 5.10 Å². The van der Waals surface area contributed by atoms with Crippen molar-refractivity contribution in [3.05, 3.63) is 90.6 Å². The van der Waals surface area contributed by atoms with Crippen molar-refractivity contribution in [3.8, 4) is 11.6 Å². The number of carbonyl (C=O) groups excluding carboxylic acids is 1. The van der Waals surface area contributed by atoms with Gasteiger partial charge in [-0.2, -0.15) is 10.1 Å². The van der Waals surface area contributed by atoms with Gasteiger partial charge >= 0.3 is 5.69 Å². The second kappa shape index (κ2) is 7.97. The minimum Gasteiger partial charge on any atom is -0.494 e. The number of halogens is 1. The van der Waals surface area contributed by atoms with E-state index in [9.17, 15) is 19.5 Å². The SMILES string of the molecule is CC1=NN(c2ccc(C)c(C)c2)C(=O)/C1=C/c1c(O)n(-c2cccc(Cl)c2)c(=O)[nH]c1=O. The van der Waals surface area contributed by atoms with Crippen molar-refractivity contribution in [2.75, 3.05) is 5.01 Å². The summed E-state index contributed by atoms with van der Waals surface area (Å²) in [4.78, 5) is 40.1. The zero-order chi connectivity index (χ0) is 23.2. The first-order valence-electron chi connectivity index (χ1n) is 9.70. The van der Waals surface area contributed by atoms with Crippen LogP contribution in [-0.2, 0) is 4.79 Å². The summed E-state index contributed by atoms with van der Waals surface area (Å²) >= 11 is 5.99. The summed E-state index contributed by atoms with van der Waals surface area (Å²) in [6.07, 6.45) is 1.23. The molecule has 0 atom stereocenters. The molecule has 0 fully saturated rings. The molecule has 0 aliphatic carbocycles. The Morgan fingerprint density at radius 1 is 1.00 bits per heavy atom. The van der Waals surface area contributed by atoms with Gasteiger partial charge in [-0.05, 0) is 68.3 Å². The van der Waals surface area contributed by atoms with Gasteiger partial charge in [0.05, 0.1) is 22.7 Å². The lowest BCUT2D eigenvalue weighted by atomic mass is 10.1. The van der Waals surface area contributed by atoms with E-state index in [0.717, 1.165) is 15.7 Å². The molecule has 4 rings (SSSR count). The fraction of sp³-hybridized carbons (Fsp3) is 0.130. The summed E-state index contributed by atoms with van der Waals surface area (Å²) in [7, 11) is 0. The topological polar surface area (TPSA) is 108 Å². The normalized spacial score (nSPS) is 14.9. The van der Waals surface area contributed by atoms with Crippen LogP contribution < -0.4 is 16.3 Å². The minimum atomic E-state index is -0.836. The lowest BCUT2D eigenvalue weighted by molar-refractivity contribution is -0.114. The van der Waals surface area contributed by atoms with E-state index in [4.69, 9.17) is 11.6 Å². The van der Waals surface area contributed by atoms with Gasteiger partial charge in [-0.3, -0.25) is 14.6 Å². The second-order valence-electron chi connectivity index (χ2n) is 7.44. The monoisotopic (exact) mass is 450 g/mol. The van der Waals surface area contributed by atoms with Crippen molar-refractivity contribution in [3.63, 3.8) is 0 Å². The molecule has 2 aromatic carbocycles. The summed E-state index contributed by atoms with van der Waals surface area (Å²) in [5, 5.41) is 16.7. The third kappa shape index (κ3) is 3.65. The smallest absolute Gasteiger partial charge is 0.335 e. The average Bonchev–Trinajstić information content (AvgIpc) is 3.01. The molecular formula is C23H19ClN4O4. The summed E-state index contributed by atoms with van der Waals surface area (Å²) in [5.41, 5.74) is 1.51. The number of nitrogens with one attached hydrogen (secondary N) is 1. The number of benzene rings is 2. The summed E-state index contributed by atoms with van der Waals surface area (Å²) in [6, 6.07) is 11.7. The molecule has 1 aliphatic heterocycles. The molecule has 9 heteroatoms. The van der Waals surface area contributed by atoms with Gasteiger partial charge in [-0.15, -0.1) is 0 Å². The number of hydrazone groups is 1. The molecule has 1 aliphatic rings. The van der Waals surface area contributed by atoms with Crippen LogP contribution in [0.5, 0.6) is 5.88 Å². The Balaban J connectivity index is 1.82. The number of anilines is 1. The molecule has 2 heterocycles. The van der Waals surface area contributed by atoms with Crippen molar-refractivity contribution in [1.82, 2.24) is 9.55 Å². The van der Waals surface area contributed by atoms with Crippen LogP contribution in [-0.4, -0.2) is 26.3 Å². The molecule has 0 saturated carbocycles. The molecule has 1 aromatic heterocycles. The van der Waals surface area contributed by atoms with Crippen molar-refractivity contribution < 1.29 is 9.90 Å². The van der Waals surface area contributed by atoms with Crippen LogP contribution in [0, 0.1) is 13.8 Å². The highest BCUT2D eigenvalue weighted by Crippen LogP contribution is 2.28. The first-order valence-corrected chi connectivity index (χ1v) is 10.1. The number of nitrogens with zero attached hydrogens (tertiary/aromatic N) is 3. The Bertz CT molecular complexity index is 1450. The highest BCUT2D eigenvalue weighted by Gasteiger charge is 2.30. The largest absolute Gasteiger partial charge is 0.494 e. The van der Waals surface area contributed by atoms with Crippen LogP contribution >= 0.6 is 11.6 Å². The van der Waals surface area contributed by atoms with Crippen LogP contribution in [0.2, 0.25) is 5.02 Å². The van der Waals surface area contributed by atoms with Crippen LogP contribution in [0.3, 0.4) is 0 Å². The van der Waals surface area contributed by atoms with E-state index in [1.54, 1.807) is 31.2 Å². The number of H-pyrrole nitrogens is 1. The van der Waals surface area contributed by atoms with Gasteiger partial charge in [-0.1, -0.05) is 23.7 Å². The van der Waals surface area contributed by atoms with E-state index in [1.165, 1.54) is 17.2 Å². The third-order valence-corrected chi connectivity index (χ3v) is 5.51. The predicted octanol–water partition coefficient (Wildman–Crippen LogP) is 3.31. The van der Waals surface area contributed by atoms with Gasteiger partial charge < -0.3 is 5.11 Å². The van der Waals surface area contributed by atoms with Crippen LogP contribution in [0.1, 0.15) is 23.6 Å². The molecule has 2 N–H and O–H groups in total. The zero-order valence-corrected chi connectivity index (χ0v) is 18.3. The Hall–Kier alpha value is -3.91.